The Labute approximate surface area is 355 Å². The highest BCUT2D eigenvalue weighted by atomic mass is 16.6. The van der Waals surface area contributed by atoms with Crippen LogP contribution in [0.15, 0.2) is 0 Å². The summed E-state index contributed by atoms with van der Waals surface area (Å²) in [5.41, 5.74) is 0. The molecule has 6 heteroatoms. The van der Waals surface area contributed by atoms with Crippen molar-refractivity contribution in [1.29, 1.82) is 0 Å². The van der Waals surface area contributed by atoms with Crippen LogP contribution >= 0.6 is 0 Å². The molecular weight excluding hydrogens is 709 g/mol. The fourth-order valence-corrected chi connectivity index (χ4v) is 7.52. The SMILES string of the molecule is CCC(C)CCCCCCCCCCC(=O)OC[C@@H](COC(=O)CCCCCCCCCCCCCCC(C)C)OC(=O)CCCCCCCCCCC(C)CC. The Balaban J connectivity index is 4.34. The molecule has 0 saturated carbocycles. The van der Waals surface area contributed by atoms with Crippen LogP contribution in [0.1, 0.15) is 273 Å². The van der Waals surface area contributed by atoms with Gasteiger partial charge in [0.25, 0.3) is 0 Å². The predicted octanol–water partition coefficient (Wildman–Crippen LogP) is 16.0. The lowest BCUT2D eigenvalue weighted by Gasteiger charge is -2.18. The second-order valence-electron chi connectivity index (χ2n) is 18.4. The number of ether oxygens (including phenoxy) is 3. The molecule has 0 aromatic rings. The normalized spacial score (nSPS) is 13.1. The minimum absolute atomic E-state index is 0.0655. The molecule has 57 heavy (non-hydrogen) atoms. The summed E-state index contributed by atoms with van der Waals surface area (Å²) in [5.74, 6) is 1.67. The zero-order chi connectivity index (χ0) is 42.0. The van der Waals surface area contributed by atoms with E-state index in [4.69, 9.17) is 14.2 Å². The lowest BCUT2D eigenvalue weighted by molar-refractivity contribution is -0.167. The number of carbonyl (C=O) groups excluding carboxylic acids is 3. The third kappa shape index (κ3) is 42.3. The molecule has 0 amide bonds. The van der Waals surface area contributed by atoms with Crippen molar-refractivity contribution in [2.75, 3.05) is 13.2 Å². The first-order valence-corrected chi connectivity index (χ1v) is 25.2. The van der Waals surface area contributed by atoms with E-state index in [9.17, 15) is 14.4 Å². The summed E-state index contributed by atoms with van der Waals surface area (Å²) in [4.78, 5) is 37.9. The summed E-state index contributed by atoms with van der Waals surface area (Å²) < 4.78 is 16.8. The molecule has 0 aromatic carbocycles. The molecule has 0 saturated heterocycles. The van der Waals surface area contributed by atoms with E-state index in [1.54, 1.807) is 0 Å². The van der Waals surface area contributed by atoms with Gasteiger partial charge in [-0.1, -0.05) is 234 Å². The van der Waals surface area contributed by atoms with Gasteiger partial charge in [0.15, 0.2) is 6.10 Å². The second kappa shape index (κ2) is 42.5. The molecule has 0 aliphatic rings. The summed E-state index contributed by atoms with van der Waals surface area (Å²) in [6.07, 6.45) is 40.8. The molecule has 338 valence electrons. The average molecular weight is 807 g/mol. The molecule has 0 heterocycles. The Morgan fingerprint density at radius 2 is 0.614 bits per heavy atom. The van der Waals surface area contributed by atoms with Crippen molar-refractivity contribution in [3.63, 3.8) is 0 Å². The van der Waals surface area contributed by atoms with Gasteiger partial charge >= 0.3 is 17.9 Å². The highest BCUT2D eigenvalue weighted by Crippen LogP contribution is 2.18. The van der Waals surface area contributed by atoms with Crippen molar-refractivity contribution < 1.29 is 28.6 Å². The largest absolute Gasteiger partial charge is 0.462 e. The summed E-state index contributed by atoms with van der Waals surface area (Å²) in [6.45, 7) is 13.7. The molecule has 0 aliphatic carbocycles. The molecule has 0 spiro atoms. The second-order valence-corrected chi connectivity index (χ2v) is 18.4. The molecule has 6 nitrogen and oxygen atoms in total. The average Bonchev–Trinajstić information content (AvgIpc) is 3.19. The maximum atomic E-state index is 12.8. The van der Waals surface area contributed by atoms with Crippen molar-refractivity contribution in [2.45, 2.75) is 279 Å². The Morgan fingerprint density at radius 1 is 0.351 bits per heavy atom. The van der Waals surface area contributed by atoms with Crippen molar-refractivity contribution in [2.24, 2.45) is 17.8 Å². The Kier molecular flexibility index (Phi) is 41.3. The molecule has 0 radical (unpaired) electrons. The monoisotopic (exact) mass is 807 g/mol. The van der Waals surface area contributed by atoms with Crippen LogP contribution in [0, 0.1) is 17.8 Å². The third-order valence-corrected chi connectivity index (χ3v) is 12.1. The first-order chi connectivity index (χ1) is 27.7. The highest BCUT2D eigenvalue weighted by Gasteiger charge is 2.19. The van der Waals surface area contributed by atoms with Crippen molar-refractivity contribution >= 4 is 17.9 Å². The van der Waals surface area contributed by atoms with E-state index >= 15 is 0 Å². The van der Waals surface area contributed by atoms with Gasteiger partial charge in [0.05, 0.1) is 0 Å². The van der Waals surface area contributed by atoms with Gasteiger partial charge in [-0.25, -0.2) is 0 Å². The smallest absolute Gasteiger partial charge is 0.306 e. The zero-order valence-corrected chi connectivity index (χ0v) is 39.1. The Bertz CT molecular complexity index is 887. The van der Waals surface area contributed by atoms with E-state index in [-0.39, 0.29) is 31.1 Å². The summed E-state index contributed by atoms with van der Waals surface area (Å²) in [6, 6.07) is 0. The number of esters is 3. The van der Waals surface area contributed by atoms with Crippen LogP contribution in [0.3, 0.4) is 0 Å². The third-order valence-electron chi connectivity index (χ3n) is 12.1. The lowest BCUT2D eigenvalue weighted by atomic mass is 9.99. The van der Waals surface area contributed by atoms with Crippen molar-refractivity contribution in [1.82, 2.24) is 0 Å². The van der Waals surface area contributed by atoms with E-state index in [0.29, 0.717) is 19.3 Å². The van der Waals surface area contributed by atoms with Crippen molar-refractivity contribution in [3.8, 4) is 0 Å². The fourth-order valence-electron chi connectivity index (χ4n) is 7.52. The standard InChI is InChI=1S/C51H98O6/c1-7-46(5)38-32-26-20-15-17-23-29-35-41-50(53)56-44-48(57-51(54)42-36-30-24-18-16-21-27-33-39-47(6)8-2)43-55-49(52)40-34-28-22-14-12-10-9-11-13-19-25-31-37-45(3)4/h45-48H,7-44H2,1-6H3/t46?,47?,48-/m1/s1. The molecule has 2 unspecified atom stereocenters. The number of rotatable bonds is 44. The van der Waals surface area contributed by atoms with Crippen LogP contribution in [0.4, 0.5) is 0 Å². The quantitative estimate of drug-likeness (QED) is 0.0347. The first-order valence-electron chi connectivity index (χ1n) is 25.2. The van der Waals surface area contributed by atoms with Crippen LogP contribution < -0.4 is 0 Å². The van der Waals surface area contributed by atoms with Gasteiger partial charge in [0.2, 0.25) is 0 Å². The maximum absolute atomic E-state index is 12.8. The molecular formula is C51H98O6. The van der Waals surface area contributed by atoms with Crippen molar-refractivity contribution in [3.05, 3.63) is 0 Å². The minimum atomic E-state index is -0.763. The maximum Gasteiger partial charge on any atom is 0.306 e. The van der Waals surface area contributed by atoms with Gasteiger partial charge in [0.1, 0.15) is 13.2 Å². The molecule has 0 aromatic heterocycles. The Morgan fingerprint density at radius 3 is 0.912 bits per heavy atom. The van der Waals surface area contributed by atoms with Gasteiger partial charge < -0.3 is 14.2 Å². The molecule has 3 atom stereocenters. The van der Waals surface area contributed by atoms with Crippen LogP contribution in [-0.2, 0) is 28.6 Å². The zero-order valence-electron chi connectivity index (χ0n) is 39.1. The minimum Gasteiger partial charge on any atom is -0.462 e. The van der Waals surface area contributed by atoms with Gasteiger partial charge in [-0.15, -0.1) is 0 Å². The van der Waals surface area contributed by atoms with E-state index < -0.39 is 6.10 Å². The molecule has 0 aliphatic heterocycles. The van der Waals surface area contributed by atoms with Crippen LogP contribution in [0.25, 0.3) is 0 Å². The number of hydrogen-bond acceptors (Lipinski definition) is 6. The van der Waals surface area contributed by atoms with Crippen LogP contribution in [0.5, 0.6) is 0 Å². The highest BCUT2D eigenvalue weighted by molar-refractivity contribution is 5.71. The number of carbonyl (C=O) groups is 3. The molecule has 0 bridgehead atoms. The van der Waals surface area contributed by atoms with Gasteiger partial charge in [-0.05, 0) is 37.0 Å². The fraction of sp³-hybridized carbons (Fsp3) is 0.941. The van der Waals surface area contributed by atoms with E-state index in [1.807, 2.05) is 0 Å². The number of hydrogen-bond donors (Lipinski definition) is 0. The van der Waals surface area contributed by atoms with Gasteiger partial charge in [0, 0.05) is 19.3 Å². The van der Waals surface area contributed by atoms with E-state index in [1.165, 1.54) is 154 Å². The summed E-state index contributed by atoms with van der Waals surface area (Å²) >= 11 is 0. The molecule has 0 fully saturated rings. The van der Waals surface area contributed by atoms with Gasteiger partial charge in [-0.3, -0.25) is 14.4 Å². The predicted molar refractivity (Wildman–Crippen MR) is 243 cm³/mol. The van der Waals surface area contributed by atoms with E-state index in [0.717, 1.165) is 75.5 Å². The molecule has 0 rings (SSSR count). The van der Waals surface area contributed by atoms with Crippen LogP contribution in [-0.4, -0.2) is 37.2 Å². The Hall–Kier alpha value is -1.59. The first kappa shape index (κ1) is 55.4. The van der Waals surface area contributed by atoms with E-state index in [2.05, 4.69) is 41.5 Å². The van der Waals surface area contributed by atoms with Gasteiger partial charge in [-0.2, -0.15) is 0 Å². The number of unbranched alkanes of at least 4 members (excludes halogenated alkanes) is 25. The summed E-state index contributed by atoms with van der Waals surface area (Å²) in [7, 11) is 0. The summed E-state index contributed by atoms with van der Waals surface area (Å²) in [5, 5.41) is 0. The van der Waals surface area contributed by atoms with Crippen LogP contribution in [0.2, 0.25) is 0 Å². The molecule has 0 N–H and O–H groups in total. The topological polar surface area (TPSA) is 78.9 Å². The lowest BCUT2D eigenvalue weighted by Crippen LogP contribution is -2.30.